The van der Waals surface area contributed by atoms with Gasteiger partial charge in [0.1, 0.15) is 24.1 Å². The van der Waals surface area contributed by atoms with Crippen LogP contribution in [0.4, 0.5) is 10.1 Å². The number of rotatable bonds is 4. The molecule has 7 nitrogen and oxygen atoms in total. The second kappa shape index (κ2) is 10.2. The zero-order valence-corrected chi connectivity index (χ0v) is 20.6. The largest absolute Gasteiger partial charge is 0.489 e. The normalized spacial score (nSPS) is 15.2. The number of hydrogen-bond donors (Lipinski definition) is 1. The molecule has 2 amide bonds. The summed E-state index contributed by atoms with van der Waals surface area (Å²) in [5.74, 6) is 5.46. The quantitative estimate of drug-likeness (QED) is 0.449. The number of hydrogen-bond acceptors (Lipinski definition) is 5. The number of nitrogens with one attached hydrogen (secondary N) is 1. The van der Waals surface area contributed by atoms with Gasteiger partial charge in [0.05, 0.1) is 5.69 Å². The Hall–Kier alpha value is -4.25. The Morgan fingerprint density at radius 2 is 2.03 bits per heavy atom. The highest BCUT2D eigenvalue weighted by atomic mass is 19.1. The van der Waals surface area contributed by atoms with Crippen LogP contribution in [0.3, 0.4) is 0 Å². The Kier molecular flexibility index (Phi) is 7.02. The van der Waals surface area contributed by atoms with Crippen molar-refractivity contribution in [2.75, 3.05) is 18.6 Å². The summed E-state index contributed by atoms with van der Waals surface area (Å²) in [6.07, 6.45) is 1.83. The van der Waals surface area contributed by atoms with E-state index < -0.39 is 17.9 Å². The van der Waals surface area contributed by atoms with Crippen molar-refractivity contribution in [2.45, 2.75) is 33.2 Å². The average molecular weight is 487 g/mol. The average Bonchev–Trinajstić information content (AvgIpc) is 2.94. The molecule has 1 N–H and O–H groups in total. The smallest absolute Gasteiger partial charge is 0.270 e. The molecule has 3 aromatic rings. The molecule has 0 saturated carbocycles. The summed E-state index contributed by atoms with van der Waals surface area (Å²) in [6, 6.07) is 12.4. The van der Waals surface area contributed by atoms with Crippen LogP contribution in [0.1, 0.15) is 48.1 Å². The zero-order chi connectivity index (χ0) is 25.9. The van der Waals surface area contributed by atoms with Crippen molar-refractivity contribution in [2.24, 2.45) is 5.41 Å². The van der Waals surface area contributed by atoms with Crippen LogP contribution >= 0.6 is 0 Å². The highest BCUT2D eigenvalue weighted by Gasteiger charge is 2.31. The van der Waals surface area contributed by atoms with Gasteiger partial charge in [0.2, 0.25) is 5.95 Å². The lowest BCUT2D eigenvalue weighted by molar-refractivity contribution is -0.120. The molecular weight excluding hydrogens is 459 g/mol. The molecule has 1 aliphatic rings. The Bertz CT molecular complexity index is 1370. The minimum atomic E-state index is -0.908. The summed E-state index contributed by atoms with van der Waals surface area (Å²) in [5, 5.41) is 2.73. The van der Waals surface area contributed by atoms with Crippen LogP contribution in [0.25, 0.3) is 0 Å². The van der Waals surface area contributed by atoms with E-state index >= 15 is 0 Å². The number of pyridine rings is 2. The van der Waals surface area contributed by atoms with E-state index in [1.54, 1.807) is 37.4 Å². The molecule has 0 spiro atoms. The number of nitrogens with zero attached hydrogens (tertiary/aromatic N) is 3. The summed E-state index contributed by atoms with van der Waals surface area (Å²) >= 11 is 0. The molecule has 2 aromatic heterocycles. The van der Waals surface area contributed by atoms with Crippen molar-refractivity contribution in [1.29, 1.82) is 0 Å². The van der Waals surface area contributed by atoms with E-state index in [0.29, 0.717) is 23.6 Å². The van der Waals surface area contributed by atoms with Crippen molar-refractivity contribution in [3.05, 3.63) is 83.2 Å². The standard InChI is InChI=1S/C28H27FN4O3/c1-28(2,3)12-10-18-8-9-24-23(16-18)33(4)27(35)22(17-36-24)32-26(34)21-15-19(11-13-30-21)14-20-6-5-7-25(29)31-20/h5-9,11,13,15-16,22H,14,17H2,1-4H3,(H,32,34)/t22-/m0/s1. The van der Waals surface area contributed by atoms with Crippen LogP contribution in [0.15, 0.2) is 54.7 Å². The SMILES string of the molecule is CN1C(=O)[C@@H](NC(=O)c2cc(Cc3cccc(F)n3)ccn2)COc2ccc(C#CC(C)(C)C)cc21. The van der Waals surface area contributed by atoms with Gasteiger partial charge in [-0.1, -0.05) is 17.9 Å². The third-order valence-corrected chi connectivity index (χ3v) is 5.46. The summed E-state index contributed by atoms with van der Waals surface area (Å²) in [4.78, 5) is 35.6. The molecule has 36 heavy (non-hydrogen) atoms. The lowest BCUT2D eigenvalue weighted by Crippen LogP contribution is -2.49. The first-order valence-electron chi connectivity index (χ1n) is 11.5. The van der Waals surface area contributed by atoms with E-state index in [1.165, 1.54) is 17.2 Å². The third-order valence-electron chi connectivity index (χ3n) is 5.46. The number of ether oxygens (including phenoxy) is 1. The molecule has 0 bridgehead atoms. The second-order valence-corrected chi connectivity index (χ2v) is 9.59. The number of carbonyl (C=O) groups is 2. The van der Waals surface area contributed by atoms with Crippen LogP contribution in [0.5, 0.6) is 5.75 Å². The summed E-state index contributed by atoms with van der Waals surface area (Å²) in [7, 11) is 1.64. The van der Waals surface area contributed by atoms with Crippen molar-refractivity contribution >= 4 is 17.5 Å². The molecule has 0 fully saturated rings. The van der Waals surface area contributed by atoms with E-state index in [2.05, 4.69) is 27.1 Å². The summed E-state index contributed by atoms with van der Waals surface area (Å²) < 4.78 is 19.3. The lowest BCUT2D eigenvalue weighted by Gasteiger charge is -2.20. The molecule has 1 atom stereocenters. The van der Waals surface area contributed by atoms with Gasteiger partial charge in [-0.05, 0) is 68.8 Å². The first kappa shape index (κ1) is 24.9. The van der Waals surface area contributed by atoms with Crippen molar-refractivity contribution in [3.8, 4) is 17.6 Å². The van der Waals surface area contributed by atoms with Crippen LogP contribution in [0, 0.1) is 23.2 Å². The van der Waals surface area contributed by atoms with Gasteiger partial charge >= 0.3 is 0 Å². The minimum absolute atomic E-state index is 0.0260. The number of benzene rings is 1. The Labute approximate surface area is 209 Å². The molecule has 3 heterocycles. The lowest BCUT2D eigenvalue weighted by atomic mass is 9.97. The van der Waals surface area contributed by atoms with Gasteiger partial charge in [0, 0.05) is 36.3 Å². The van der Waals surface area contributed by atoms with Crippen LogP contribution in [0.2, 0.25) is 0 Å². The predicted molar refractivity (Wildman–Crippen MR) is 134 cm³/mol. The van der Waals surface area contributed by atoms with E-state index in [0.717, 1.165) is 11.1 Å². The maximum Gasteiger partial charge on any atom is 0.270 e. The summed E-state index contributed by atoms with van der Waals surface area (Å²) in [6.45, 7) is 6.05. The van der Waals surface area contributed by atoms with Crippen LogP contribution in [-0.2, 0) is 11.2 Å². The van der Waals surface area contributed by atoms with E-state index in [1.807, 2.05) is 32.9 Å². The molecule has 0 aliphatic carbocycles. The van der Waals surface area contributed by atoms with E-state index in [4.69, 9.17) is 4.74 Å². The van der Waals surface area contributed by atoms with Gasteiger partial charge in [-0.15, -0.1) is 0 Å². The fourth-order valence-corrected chi connectivity index (χ4v) is 3.64. The van der Waals surface area contributed by atoms with E-state index in [-0.39, 0.29) is 23.6 Å². The Balaban J connectivity index is 1.48. The van der Waals surface area contributed by atoms with Gasteiger partial charge in [0.15, 0.2) is 0 Å². The van der Waals surface area contributed by atoms with Crippen molar-refractivity contribution < 1.29 is 18.7 Å². The fourth-order valence-electron chi connectivity index (χ4n) is 3.64. The van der Waals surface area contributed by atoms with Crippen molar-refractivity contribution in [3.63, 3.8) is 0 Å². The number of fused-ring (bicyclic) bond motifs is 1. The topological polar surface area (TPSA) is 84.4 Å². The van der Waals surface area contributed by atoms with Gasteiger partial charge in [0.25, 0.3) is 11.8 Å². The van der Waals surface area contributed by atoms with Crippen LogP contribution < -0.4 is 15.0 Å². The minimum Gasteiger partial charge on any atom is -0.489 e. The van der Waals surface area contributed by atoms with Gasteiger partial charge in [-0.2, -0.15) is 4.39 Å². The predicted octanol–water partition coefficient (Wildman–Crippen LogP) is 3.76. The highest BCUT2D eigenvalue weighted by Crippen LogP contribution is 2.31. The zero-order valence-electron chi connectivity index (χ0n) is 20.6. The van der Waals surface area contributed by atoms with Gasteiger partial charge < -0.3 is 15.0 Å². The Morgan fingerprint density at radius 3 is 2.78 bits per heavy atom. The maximum atomic E-state index is 13.4. The number of carbonyl (C=O) groups excluding carboxylic acids is 2. The third kappa shape index (κ3) is 6.05. The first-order chi connectivity index (χ1) is 17.1. The highest BCUT2D eigenvalue weighted by molar-refractivity contribution is 6.03. The van der Waals surface area contributed by atoms with E-state index in [9.17, 15) is 14.0 Å². The Morgan fingerprint density at radius 1 is 1.22 bits per heavy atom. The monoisotopic (exact) mass is 486 g/mol. The van der Waals surface area contributed by atoms with Gasteiger partial charge in [-0.25, -0.2) is 4.98 Å². The maximum absolute atomic E-state index is 13.4. The molecule has 0 saturated heterocycles. The molecule has 8 heteroatoms. The van der Waals surface area contributed by atoms with Crippen LogP contribution in [-0.4, -0.2) is 41.5 Å². The fraction of sp³-hybridized carbons (Fsp3) is 0.286. The number of anilines is 1. The first-order valence-corrected chi connectivity index (χ1v) is 11.5. The second-order valence-electron chi connectivity index (χ2n) is 9.59. The molecular formula is C28H27FN4O3. The number of halogens is 1. The summed E-state index contributed by atoms with van der Waals surface area (Å²) in [5.41, 5.74) is 2.61. The van der Waals surface area contributed by atoms with Crippen molar-refractivity contribution in [1.82, 2.24) is 15.3 Å². The van der Waals surface area contributed by atoms with Gasteiger partial charge in [-0.3, -0.25) is 14.6 Å². The molecule has 0 unspecified atom stereocenters. The molecule has 1 aromatic carbocycles. The number of aromatic nitrogens is 2. The number of likely N-dealkylation sites (N-methyl/N-ethyl adjacent to an activating group) is 1. The molecule has 0 radical (unpaired) electrons. The molecule has 4 rings (SSSR count). The number of amides is 2. The molecule has 1 aliphatic heterocycles. The molecule has 184 valence electrons.